The maximum Gasteiger partial charge on any atom is 0.408 e. The van der Waals surface area contributed by atoms with Crippen molar-refractivity contribution in [1.82, 2.24) is 5.32 Å². The number of alkyl carbamates (subject to hydrolysis) is 1. The Kier molecular flexibility index (Phi) is 8.09. The fraction of sp³-hybridized carbons (Fsp3) is 0.391. The van der Waals surface area contributed by atoms with Gasteiger partial charge in [0.1, 0.15) is 12.1 Å². The first-order chi connectivity index (χ1) is 13.8. The smallest absolute Gasteiger partial charge is 0.408 e. The van der Waals surface area contributed by atoms with Gasteiger partial charge in [0.15, 0.2) is 0 Å². The molecule has 0 spiro atoms. The van der Waals surface area contributed by atoms with Crippen molar-refractivity contribution < 1.29 is 19.4 Å². The molecule has 156 valence electrons. The van der Waals surface area contributed by atoms with E-state index in [9.17, 15) is 14.7 Å². The van der Waals surface area contributed by atoms with E-state index in [1.165, 1.54) is 0 Å². The van der Waals surface area contributed by atoms with Crippen molar-refractivity contribution in [3.63, 3.8) is 0 Å². The van der Waals surface area contributed by atoms with Crippen LogP contribution in [0.3, 0.4) is 0 Å². The zero-order chi connectivity index (χ0) is 21.4. The number of hydrogen-bond acceptors (Lipinski definition) is 3. The molecule has 0 aliphatic carbocycles. The van der Waals surface area contributed by atoms with E-state index in [-0.39, 0.29) is 0 Å². The highest BCUT2D eigenvalue weighted by molar-refractivity contribution is 6.30. The van der Waals surface area contributed by atoms with Gasteiger partial charge in [-0.15, -0.1) is 0 Å². The van der Waals surface area contributed by atoms with Gasteiger partial charge in [0.2, 0.25) is 0 Å². The van der Waals surface area contributed by atoms with Crippen molar-refractivity contribution in [3.8, 4) is 0 Å². The molecule has 2 rings (SSSR count). The van der Waals surface area contributed by atoms with Crippen molar-refractivity contribution in [2.24, 2.45) is 0 Å². The third-order valence-electron chi connectivity index (χ3n) is 4.99. The molecule has 2 aromatic carbocycles. The van der Waals surface area contributed by atoms with Crippen molar-refractivity contribution in [2.45, 2.75) is 57.6 Å². The van der Waals surface area contributed by atoms with Crippen LogP contribution in [-0.4, -0.2) is 23.2 Å². The highest BCUT2D eigenvalue weighted by atomic mass is 35.5. The quantitative estimate of drug-likeness (QED) is 0.546. The maximum atomic E-state index is 12.6. The summed E-state index contributed by atoms with van der Waals surface area (Å²) in [6.07, 6.45) is 0.511. The predicted octanol–water partition coefficient (Wildman–Crippen LogP) is 5.73. The number of unbranched alkanes of at least 4 members (excludes halogenated alkanes) is 1. The molecule has 1 unspecified atom stereocenters. The number of hydrogen-bond donors (Lipinski definition) is 2. The lowest BCUT2D eigenvalue weighted by atomic mass is 9.76. The summed E-state index contributed by atoms with van der Waals surface area (Å²) in [5.74, 6) is -1.07. The number of carboxylic acids is 1. The monoisotopic (exact) mass is 417 g/mol. The average molecular weight is 418 g/mol. The van der Waals surface area contributed by atoms with Gasteiger partial charge in [-0.05, 0) is 29.7 Å². The summed E-state index contributed by atoms with van der Waals surface area (Å²) in [6, 6.07) is 15.9. The number of benzene rings is 2. The van der Waals surface area contributed by atoms with Crippen LogP contribution in [0.25, 0.3) is 0 Å². The molecule has 5 nitrogen and oxygen atoms in total. The molecule has 0 fully saturated rings. The number of carbonyl (C=O) groups excluding carboxylic acids is 1. The molecule has 29 heavy (non-hydrogen) atoms. The lowest BCUT2D eigenvalue weighted by Gasteiger charge is -2.35. The highest BCUT2D eigenvalue weighted by Gasteiger charge is 2.36. The summed E-state index contributed by atoms with van der Waals surface area (Å²) in [5, 5.41) is 12.5. The largest absolute Gasteiger partial charge is 0.480 e. The molecule has 2 atom stereocenters. The Morgan fingerprint density at radius 3 is 2.41 bits per heavy atom. The topological polar surface area (TPSA) is 75.6 Å². The van der Waals surface area contributed by atoms with E-state index in [2.05, 4.69) is 5.32 Å². The van der Waals surface area contributed by atoms with Crippen LogP contribution in [0, 0.1) is 0 Å². The molecule has 0 aliphatic rings. The Bertz CT molecular complexity index is 823. The second kappa shape index (κ2) is 10.3. The van der Waals surface area contributed by atoms with Gasteiger partial charge in [0.05, 0.1) is 0 Å². The summed E-state index contributed by atoms with van der Waals surface area (Å²) in [6.45, 7) is 5.90. The number of nitrogens with one attached hydrogen (secondary N) is 1. The van der Waals surface area contributed by atoms with Crippen LogP contribution in [0.15, 0.2) is 54.6 Å². The Labute approximate surface area is 177 Å². The minimum atomic E-state index is -1.07. The number of halogens is 1. The van der Waals surface area contributed by atoms with E-state index in [1.54, 1.807) is 6.07 Å². The SMILES string of the molecule is CCCCC(NC(=O)O[C@H](c1ccccc1)C(C)(C)c1cccc(Cl)c1)C(=O)O. The molecule has 2 aromatic rings. The van der Waals surface area contributed by atoms with Gasteiger partial charge >= 0.3 is 12.1 Å². The standard InChI is InChI=1S/C23H28ClNO4/c1-4-5-14-19(21(26)27)25-22(28)29-20(16-10-7-6-8-11-16)23(2,3)17-12-9-13-18(24)15-17/h6-13,15,19-20H,4-5,14H2,1-3H3,(H,25,28)(H,26,27)/t19?,20-/m1/s1. The molecule has 0 saturated heterocycles. The molecule has 0 aliphatic heterocycles. The molecule has 0 radical (unpaired) electrons. The Morgan fingerprint density at radius 2 is 1.83 bits per heavy atom. The van der Waals surface area contributed by atoms with E-state index in [0.29, 0.717) is 17.9 Å². The number of aliphatic carboxylic acids is 1. The minimum absolute atomic E-state index is 0.356. The van der Waals surface area contributed by atoms with Crippen LogP contribution in [0.2, 0.25) is 5.02 Å². The second-order valence-corrected chi connectivity index (χ2v) is 8.04. The van der Waals surface area contributed by atoms with Crippen LogP contribution in [0.5, 0.6) is 0 Å². The van der Waals surface area contributed by atoms with Crippen LogP contribution in [-0.2, 0) is 14.9 Å². The third kappa shape index (κ3) is 6.23. The van der Waals surface area contributed by atoms with Crippen LogP contribution in [0.4, 0.5) is 4.79 Å². The highest BCUT2D eigenvalue weighted by Crippen LogP contribution is 2.40. The van der Waals surface area contributed by atoms with Gasteiger partial charge in [-0.25, -0.2) is 9.59 Å². The molecule has 0 aromatic heterocycles. The number of rotatable bonds is 9. The zero-order valence-electron chi connectivity index (χ0n) is 17.0. The molecular weight excluding hydrogens is 390 g/mol. The van der Waals surface area contributed by atoms with Crippen molar-refractivity contribution >= 4 is 23.7 Å². The molecule has 0 saturated carbocycles. The Balaban J connectivity index is 2.29. The average Bonchev–Trinajstić information content (AvgIpc) is 2.69. The van der Waals surface area contributed by atoms with Crippen molar-refractivity contribution in [3.05, 3.63) is 70.7 Å². The summed E-state index contributed by atoms with van der Waals surface area (Å²) < 4.78 is 5.80. The lowest BCUT2D eigenvalue weighted by Crippen LogP contribution is -2.43. The third-order valence-corrected chi connectivity index (χ3v) is 5.22. The van der Waals surface area contributed by atoms with Crippen LogP contribution in [0.1, 0.15) is 57.3 Å². The molecule has 2 N–H and O–H groups in total. The van der Waals surface area contributed by atoms with Gasteiger partial charge in [-0.2, -0.15) is 0 Å². The first-order valence-electron chi connectivity index (χ1n) is 9.76. The second-order valence-electron chi connectivity index (χ2n) is 7.61. The predicted molar refractivity (Wildman–Crippen MR) is 114 cm³/mol. The number of carboxylic acid groups (broad SMARTS) is 1. The van der Waals surface area contributed by atoms with E-state index in [1.807, 2.05) is 69.3 Å². The van der Waals surface area contributed by atoms with Gasteiger partial charge in [-0.1, -0.05) is 87.7 Å². The normalized spacial score (nSPS) is 13.4. The van der Waals surface area contributed by atoms with Gasteiger partial charge in [0, 0.05) is 10.4 Å². The van der Waals surface area contributed by atoms with E-state index in [0.717, 1.165) is 17.5 Å². The first-order valence-corrected chi connectivity index (χ1v) is 10.1. The van der Waals surface area contributed by atoms with E-state index >= 15 is 0 Å². The fourth-order valence-electron chi connectivity index (χ4n) is 3.25. The molecule has 0 heterocycles. The fourth-order valence-corrected chi connectivity index (χ4v) is 3.44. The maximum absolute atomic E-state index is 12.6. The Hall–Kier alpha value is -2.53. The van der Waals surface area contributed by atoms with E-state index in [4.69, 9.17) is 16.3 Å². The zero-order valence-corrected chi connectivity index (χ0v) is 17.8. The molecular formula is C23H28ClNO4. The number of carbonyl (C=O) groups is 2. The van der Waals surface area contributed by atoms with Crippen molar-refractivity contribution in [1.29, 1.82) is 0 Å². The Morgan fingerprint density at radius 1 is 1.14 bits per heavy atom. The van der Waals surface area contributed by atoms with Crippen LogP contribution < -0.4 is 5.32 Å². The van der Waals surface area contributed by atoms with E-state index < -0.39 is 29.6 Å². The van der Waals surface area contributed by atoms with Gasteiger partial charge < -0.3 is 15.2 Å². The minimum Gasteiger partial charge on any atom is -0.480 e. The van der Waals surface area contributed by atoms with Crippen molar-refractivity contribution in [2.75, 3.05) is 0 Å². The molecule has 6 heteroatoms. The number of ether oxygens (including phenoxy) is 1. The van der Waals surface area contributed by atoms with Crippen LogP contribution >= 0.6 is 11.6 Å². The van der Waals surface area contributed by atoms with Gasteiger partial charge in [0.25, 0.3) is 0 Å². The summed E-state index contributed by atoms with van der Waals surface area (Å²) in [7, 11) is 0. The summed E-state index contributed by atoms with van der Waals surface area (Å²) in [5.41, 5.74) is 1.12. The first kappa shape index (κ1) is 22.8. The van der Waals surface area contributed by atoms with Gasteiger partial charge in [-0.3, -0.25) is 0 Å². The lowest BCUT2D eigenvalue weighted by molar-refractivity contribution is -0.139. The molecule has 1 amide bonds. The summed E-state index contributed by atoms with van der Waals surface area (Å²) >= 11 is 6.17. The molecule has 0 bridgehead atoms. The number of amides is 1. The summed E-state index contributed by atoms with van der Waals surface area (Å²) in [4.78, 5) is 24.1.